The summed E-state index contributed by atoms with van der Waals surface area (Å²) in [5.41, 5.74) is 5.92. The molecule has 1 atom stereocenters. The number of hydrogen-bond donors (Lipinski definition) is 3. The fourth-order valence-corrected chi connectivity index (χ4v) is 2.79. The molecule has 1 aromatic carbocycles. The number of amides is 1. The third-order valence-corrected chi connectivity index (χ3v) is 4.17. The molecular formula is C20H25IN4O4. The lowest BCUT2D eigenvalue weighted by Crippen LogP contribution is -2.38. The first kappa shape index (κ1) is 22.6. The number of nitrogens with zero attached hydrogens (tertiary/aromatic N) is 1. The Kier molecular flexibility index (Phi) is 7.94. The Morgan fingerprint density at radius 3 is 2.72 bits per heavy atom. The van der Waals surface area contributed by atoms with Crippen LogP contribution in [0.15, 0.2) is 50.2 Å². The summed E-state index contributed by atoms with van der Waals surface area (Å²) in [5.74, 6) is 2.16. The van der Waals surface area contributed by atoms with Crippen LogP contribution in [0.3, 0.4) is 0 Å². The molecule has 4 N–H and O–H groups in total. The van der Waals surface area contributed by atoms with Crippen LogP contribution in [0.5, 0.6) is 5.75 Å². The van der Waals surface area contributed by atoms with Crippen molar-refractivity contribution in [3.05, 3.63) is 53.7 Å². The van der Waals surface area contributed by atoms with Crippen LogP contribution in [0.25, 0.3) is 11.0 Å². The number of nitrogens with two attached hydrogens (primary N) is 1. The lowest BCUT2D eigenvalue weighted by Gasteiger charge is -2.15. The van der Waals surface area contributed by atoms with Gasteiger partial charge in [-0.05, 0) is 38.1 Å². The number of ether oxygens (including phenoxy) is 1. The van der Waals surface area contributed by atoms with Gasteiger partial charge in [-0.15, -0.1) is 24.0 Å². The van der Waals surface area contributed by atoms with Crippen LogP contribution in [0, 0.1) is 0 Å². The first-order valence-corrected chi connectivity index (χ1v) is 9.02. The second-order valence-corrected chi connectivity index (χ2v) is 6.18. The molecule has 0 saturated heterocycles. The molecule has 29 heavy (non-hydrogen) atoms. The topological polar surface area (TPSA) is 115 Å². The van der Waals surface area contributed by atoms with Crippen LogP contribution in [0.4, 0.5) is 0 Å². The first-order chi connectivity index (χ1) is 13.5. The van der Waals surface area contributed by atoms with Crippen molar-refractivity contribution in [1.29, 1.82) is 0 Å². The zero-order valence-electron chi connectivity index (χ0n) is 16.5. The number of guanidine groups is 1. The van der Waals surface area contributed by atoms with E-state index in [0.717, 1.165) is 22.5 Å². The van der Waals surface area contributed by atoms with Gasteiger partial charge in [-0.3, -0.25) is 9.79 Å². The molecule has 8 nitrogen and oxygen atoms in total. The van der Waals surface area contributed by atoms with Crippen LogP contribution in [0.1, 0.15) is 42.0 Å². The van der Waals surface area contributed by atoms with Gasteiger partial charge in [0.25, 0.3) is 5.91 Å². The van der Waals surface area contributed by atoms with Crippen LogP contribution in [-0.2, 0) is 6.54 Å². The molecule has 0 saturated carbocycles. The largest absolute Gasteiger partial charge is 0.490 e. The molecule has 3 aromatic rings. The van der Waals surface area contributed by atoms with Crippen molar-refractivity contribution in [3.63, 3.8) is 0 Å². The van der Waals surface area contributed by atoms with E-state index < -0.39 is 5.91 Å². The van der Waals surface area contributed by atoms with Crippen molar-refractivity contribution < 1.29 is 18.4 Å². The van der Waals surface area contributed by atoms with Gasteiger partial charge in [0.1, 0.15) is 11.5 Å². The molecule has 2 aromatic heterocycles. The van der Waals surface area contributed by atoms with Gasteiger partial charge in [0, 0.05) is 12.4 Å². The monoisotopic (exact) mass is 512 g/mol. The summed E-state index contributed by atoms with van der Waals surface area (Å²) in [6, 6.07) is 10.9. The van der Waals surface area contributed by atoms with Crippen LogP contribution < -0.4 is 21.1 Å². The molecule has 0 aliphatic heterocycles. The number of furan rings is 2. The van der Waals surface area contributed by atoms with Gasteiger partial charge < -0.3 is 29.9 Å². The lowest BCUT2D eigenvalue weighted by molar-refractivity contribution is 0.0972. The minimum absolute atomic E-state index is 0. The number of benzene rings is 1. The molecule has 1 unspecified atom stereocenters. The first-order valence-electron chi connectivity index (χ1n) is 9.02. The molecular weight excluding hydrogens is 487 g/mol. The molecule has 9 heteroatoms. The van der Waals surface area contributed by atoms with Crippen molar-refractivity contribution in [2.75, 3.05) is 13.7 Å². The zero-order valence-corrected chi connectivity index (χ0v) is 18.9. The van der Waals surface area contributed by atoms with E-state index in [9.17, 15) is 4.79 Å². The van der Waals surface area contributed by atoms with Gasteiger partial charge in [0.05, 0.1) is 19.2 Å². The van der Waals surface area contributed by atoms with E-state index in [0.29, 0.717) is 24.9 Å². The number of carbonyl (C=O) groups is 1. The van der Waals surface area contributed by atoms with E-state index >= 15 is 0 Å². The Balaban J connectivity index is 0.00000300. The molecule has 0 radical (unpaired) electrons. The van der Waals surface area contributed by atoms with Crippen molar-refractivity contribution in [2.45, 2.75) is 26.4 Å². The van der Waals surface area contributed by atoms with Gasteiger partial charge >= 0.3 is 0 Å². The number of halogens is 1. The predicted molar refractivity (Wildman–Crippen MR) is 122 cm³/mol. The van der Waals surface area contributed by atoms with Crippen molar-refractivity contribution in [2.24, 2.45) is 10.7 Å². The van der Waals surface area contributed by atoms with Gasteiger partial charge in [-0.2, -0.15) is 0 Å². The lowest BCUT2D eigenvalue weighted by atomic mass is 10.2. The van der Waals surface area contributed by atoms with Crippen molar-refractivity contribution >= 4 is 46.8 Å². The van der Waals surface area contributed by atoms with Gasteiger partial charge in [-0.25, -0.2) is 0 Å². The molecule has 0 aliphatic carbocycles. The smallest absolute Gasteiger partial charge is 0.284 e. The normalized spacial score (nSPS) is 12.3. The Morgan fingerprint density at radius 2 is 2.07 bits per heavy atom. The maximum absolute atomic E-state index is 11.1. The second-order valence-electron chi connectivity index (χ2n) is 6.18. The number of hydrogen-bond acceptors (Lipinski definition) is 5. The van der Waals surface area contributed by atoms with E-state index in [1.54, 1.807) is 19.2 Å². The minimum atomic E-state index is -0.598. The van der Waals surface area contributed by atoms with Gasteiger partial charge in [0.2, 0.25) is 0 Å². The molecule has 2 heterocycles. The molecule has 3 rings (SSSR count). The fourth-order valence-electron chi connectivity index (χ4n) is 2.79. The second kappa shape index (κ2) is 10.2. The van der Waals surface area contributed by atoms with E-state index in [1.807, 2.05) is 38.1 Å². The third-order valence-electron chi connectivity index (χ3n) is 4.17. The highest BCUT2D eigenvalue weighted by Crippen LogP contribution is 2.31. The number of rotatable bonds is 7. The summed E-state index contributed by atoms with van der Waals surface area (Å²) in [4.78, 5) is 15.3. The standard InChI is InChI=1S/C20H24N4O4.HI/c1-4-26-15-7-5-6-13-10-17(28-18(13)15)12(2)24-20(22-3)23-11-14-8-9-16(27-14)19(21)25;/h5-10,12H,4,11H2,1-3H3,(H2,21,25)(H2,22,23,24);1H. The number of para-hydroxylation sites is 1. The summed E-state index contributed by atoms with van der Waals surface area (Å²) in [5, 5.41) is 7.38. The molecule has 0 bridgehead atoms. The van der Waals surface area contributed by atoms with Crippen LogP contribution >= 0.6 is 24.0 Å². The quantitative estimate of drug-likeness (QED) is 0.253. The van der Waals surface area contributed by atoms with Crippen LogP contribution in [0.2, 0.25) is 0 Å². The average Bonchev–Trinajstić information content (AvgIpc) is 3.32. The minimum Gasteiger partial charge on any atom is -0.490 e. The summed E-state index contributed by atoms with van der Waals surface area (Å²) < 4.78 is 17.0. The number of primary amides is 1. The average molecular weight is 512 g/mol. The summed E-state index contributed by atoms with van der Waals surface area (Å²) in [7, 11) is 1.67. The number of aliphatic imine (C=N–C) groups is 1. The third kappa shape index (κ3) is 5.43. The molecule has 0 fully saturated rings. The highest BCUT2D eigenvalue weighted by atomic mass is 127. The maximum atomic E-state index is 11.1. The predicted octanol–water partition coefficient (Wildman–Crippen LogP) is 3.57. The fraction of sp³-hybridized carbons (Fsp3) is 0.300. The molecule has 156 valence electrons. The van der Waals surface area contributed by atoms with E-state index in [1.165, 1.54) is 0 Å². The summed E-state index contributed by atoms with van der Waals surface area (Å²) >= 11 is 0. The number of carbonyl (C=O) groups excluding carboxylic acids is 1. The Bertz CT molecular complexity index is 995. The van der Waals surface area contributed by atoms with Crippen molar-refractivity contribution in [1.82, 2.24) is 10.6 Å². The van der Waals surface area contributed by atoms with Gasteiger partial charge in [0.15, 0.2) is 23.1 Å². The summed E-state index contributed by atoms with van der Waals surface area (Å²) in [6.45, 7) is 4.84. The van der Waals surface area contributed by atoms with E-state index in [-0.39, 0.29) is 35.8 Å². The molecule has 1 amide bonds. The Morgan fingerprint density at radius 1 is 1.28 bits per heavy atom. The highest BCUT2D eigenvalue weighted by Gasteiger charge is 2.16. The SMILES string of the molecule is CCOc1cccc2cc(C(C)NC(=NC)NCc3ccc(C(N)=O)o3)oc12.I. The zero-order chi connectivity index (χ0) is 20.1. The highest BCUT2D eigenvalue weighted by molar-refractivity contribution is 14.0. The van der Waals surface area contributed by atoms with Gasteiger partial charge in [-0.1, -0.05) is 12.1 Å². The maximum Gasteiger partial charge on any atom is 0.284 e. The number of nitrogens with one attached hydrogen (secondary N) is 2. The Hall–Kier alpha value is -2.69. The molecule has 0 aliphatic rings. The summed E-state index contributed by atoms with van der Waals surface area (Å²) in [6.07, 6.45) is 0. The van der Waals surface area contributed by atoms with E-state index in [4.69, 9.17) is 19.3 Å². The van der Waals surface area contributed by atoms with Crippen LogP contribution in [-0.4, -0.2) is 25.5 Å². The van der Waals surface area contributed by atoms with E-state index in [2.05, 4.69) is 15.6 Å². The Labute approximate surface area is 185 Å². The number of fused-ring (bicyclic) bond motifs is 1. The molecule has 0 spiro atoms. The van der Waals surface area contributed by atoms with Crippen molar-refractivity contribution in [3.8, 4) is 5.75 Å².